The zero-order valence-electron chi connectivity index (χ0n) is 10.6. The van der Waals surface area contributed by atoms with Gasteiger partial charge in [0.25, 0.3) is 0 Å². The Morgan fingerprint density at radius 1 is 1.24 bits per heavy atom. The normalized spacial score (nSPS) is 30.1. The minimum Gasteiger partial charge on any atom is -0.493 e. The number of benzene rings is 1. The molecule has 1 aliphatic heterocycles. The van der Waals surface area contributed by atoms with Gasteiger partial charge >= 0.3 is 0 Å². The molecule has 2 nitrogen and oxygen atoms in total. The smallest absolute Gasteiger partial charge is 0.122 e. The molecule has 0 amide bonds. The van der Waals surface area contributed by atoms with Crippen LogP contribution in [0.25, 0.3) is 0 Å². The zero-order valence-corrected chi connectivity index (χ0v) is 10.6. The monoisotopic (exact) mass is 232 g/mol. The van der Waals surface area contributed by atoms with Crippen LogP contribution in [0.1, 0.15) is 44.2 Å². The van der Waals surface area contributed by atoms with E-state index in [2.05, 4.69) is 19.9 Å². The maximum Gasteiger partial charge on any atom is 0.122 e. The Bertz CT molecular complexity index is 450. The molecule has 1 N–H and O–H groups in total. The summed E-state index contributed by atoms with van der Waals surface area (Å²) in [6, 6.07) is 6.21. The number of ether oxygens (including phenoxy) is 1. The molecule has 92 valence electrons. The Morgan fingerprint density at radius 3 is 2.76 bits per heavy atom. The lowest BCUT2D eigenvalue weighted by molar-refractivity contribution is -0.0485. The Hall–Kier alpha value is -1.02. The van der Waals surface area contributed by atoms with E-state index in [0.29, 0.717) is 0 Å². The first kappa shape index (κ1) is 11.1. The molecule has 0 spiro atoms. The number of hydrogen-bond donors (Lipinski definition) is 1. The third kappa shape index (κ3) is 1.50. The Kier molecular flexibility index (Phi) is 2.27. The lowest BCUT2D eigenvalue weighted by atomic mass is 9.73. The molecule has 17 heavy (non-hydrogen) atoms. The Labute approximate surface area is 103 Å². The number of hydrogen-bond acceptors (Lipinski definition) is 2. The van der Waals surface area contributed by atoms with E-state index in [1.54, 1.807) is 0 Å². The van der Waals surface area contributed by atoms with Crippen LogP contribution >= 0.6 is 0 Å². The summed E-state index contributed by atoms with van der Waals surface area (Å²) in [6.07, 6.45) is 4.05. The third-order valence-electron chi connectivity index (χ3n) is 4.63. The highest BCUT2D eigenvalue weighted by Crippen LogP contribution is 2.52. The van der Waals surface area contributed by atoms with Crippen LogP contribution in [0.4, 0.5) is 0 Å². The molecule has 2 heteroatoms. The van der Waals surface area contributed by atoms with Crippen LogP contribution in [0.3, 0.4) is 0 Å². The average molecular weight is 232 g/mol. The van der Waals surface area contributed by atoms with Gasteiger partial charge in [0.1, 0.15) is 5.75 Å². The first-order chi connectivity index (χ1) is 8.03. The summed E-state index contributed by atoms with van der Waals surface area (Å²) >= 11 is 0. The van der Waals surface area contributed by atoms with Gasteiger partial charge < -0.3 is 9.84 Å². The quantitative estimate of drug-likeness (QED) is 0.806. The molecule has 1 saturated carbocycles. The first-order valence-corrected chi connectivity index (χ1v) is 6.52. The second kappa shape index (κ2) is 3.49. The van der Waals surface area contributed by atoms with Crippen LogP contribution in [0.5, 0.6) is 5.75 Å². The molecular weight excluding hydrogens is 212 g/mol. The van der Waals surface area contributed by atoms with Crippen LogP contribution in [-0.4, -0.2) is 11.7 Å². The highest BCUT2D eigenvalue weighted by atomic mass is 16.5. The predicted octanol–water partition coefficient (Wildman–Crippen LogP) is 3.02. The van der Waals surface area contributed by atoms with E-state index in [4.69, 9.17) is 4.74 Å². The molecule has 0 saturated heterocycles. The van der Waals surface area contributed by atoms with Gasteiger partial charge in [0.2, 0.25) is 0 Å². The van der Waals surface area contributed by atoms with Crippen molar-refractivity contribution in [3.8, 4) is 5.75 Å². The van der Waals surface area contributed by atoms with Gasteiger partial charge in [0.15, 0.2) is 0 Å². The minimum atomic E-state index is -0.662. The maximum absolute atomic E-state index is 11.0. The summed E-state index contributed by atoms with van der Waals surface area (Å²) in [7, 11) is 0. The van der Waals surface area contributed by atoms with Gasteiger partial charge in [-0.2, -0.15) is 0 Å². The van der Waals surface area contributed by atoms with E-state index >= 15 is 0 Å². The fraction of sp³-hybridized carbons (Fsp3) is 0.600. The van der Waals surface area contributed by atoms with E-state index in [1.165, 1.54) is 5.56 Å². The van der Waals surface area contributed by atoms with Crippen molar-refractivity contribution >= 4 is 0 Å². The molecule has 1 unspecified atom stereocenters. The second-order valence-corrected chi connectivity index (χ2v) is 6.02. The van der Waals surface area contributed by atoms with E-state index < -0.39 is 5.60 Å². The summed E-state index contributed by atoms with van der Waals surface area (Å²) < 4.78 is 5.52. The molecule has 1 aromatic rings. The van der Waals surface area contributed by atoms with Crippen LogP contribution in [0, 0.1) is 5.41 Å². The minimum absolute atomic E-state index is 0.0271. The molecule has 1 aliphatic carbocycles. The van der Waals surface area contributed by atoms with Crippen LogP contribution in [-0.2, 0) is 12.0 Å². The Balaban J connectivity index is 2.04. The van der Waals surface area contributed by atoms with Crippen molar-refractivity contribution in [2.24, 2.45) is 5.41 Å². The van der Waals surface area contributed by atoms with Crippen LogP contribution in [0.15, 0.2) is 18.2 Å². The lowest BCUT2D eigenvalue weighted by Gasteiger charge is -2.37. The van der Waals surface area contributed by atoms with Crippen molar-refractivity contribution in [1.82, 2.24) is 0 Å². The van der Waals surface area contributed by atoms with Crippen molar-refractivity contribution in [1.29, 1.82) is 0 Å². The summed E-state index contributed by atoms with van der Waals surface area (Å²) in [5.41, 5.74) is 1.63. The first-order valence-electron chi connectivity index (χ1n) is 6.52. The molecule has 1 atom stereocenters. The van der Waals surface area contributed by atoms with Crippen molar-refractivity contribution in [3.05, 3.63) is 29.3 Å². The molecule has 0 bridgehead atoms. The SMILES string of the molecule is CC1(C)CCCC1(O)c1ccc2c(c1)CCO2. The van der Waals surface area contributed by atoms with Gasteiger partial charge in [-0.1, -0.05) is 19.9 Å². The van der Waals surface area contributed by atoms with E-state index in [9.17, 15) is 5.11 Å². The second-order valence-electron chi connectivity index (χ2n) is 6.02. The third-order valence-corrected chi connectivity index (χ3v) is 4.63. The fourth-order valence-electron chi connectivity index (χ4n) is 3.31. The maximum atomic E-state index is 11.0. The van der Waals surface area contributed by atoms with Crippen molar-refractivity contribution in [2.45, 2.75) is 45.1 Å². The van der Waals surface area contributed by atoms with Gasteiger partial charge in [-0.25, -0.2) is 0 Å². The van der Waals surface area contributed by atoms with Crippen LogP contribution in [0.2, 0.25) is 0 Å². The number of fused-ring (bicyclic) bond motifs is 1. The standard InChI is InChI=1S/C15H20O2/c1-14(2)7-3-8-15(14,16)12-4-5-13-11(10-12)6-9-17-13/h4-5,10,16H,3,6-9H2,1-2H3. The zero-order chi connectivity index (χ0) is 12.1. The molecular formula is C15H20O2. The highest BCUT2D eigenvalue weighted by molar-refractivity contribution is 5.42. The molecule has 1 aromatic carbocycles. The largest absolute Gasteiger partial charge is 0.493 e. The molecule has 1 fully saturated rings. The van der Waals surface area contributed by atoms with Gasteiger partial charge in [-0.15, -0.1) is 0 Å². The number of rotatable bonds is 1. The molecule has 2 aliphatic rings. The van der Waals surface area contributed by atoms with E-state index in [1.807, 2.05) is 12.1 Å². The van der Waals surface area contributed by atoms with Crippen molar-refractivity contribution in [3.63, 3.8) is 0 Å². The molecule has 3 rings (SSSR count). The molecule has 1 heterocycles. The molecule has 0 aromatic heterocycles. The van der Waals surface area contributed by atoms with Crippen molar-refractivity contribution < 1.29 is 9.84 Å². The molecule has 0 radical (unpaired) electrons. The van der Waals surface area contributed by atoms with Crippen molar-refractivity contribution in [2.75, 3.05) is 6.61 Å². The van der Waals surface area contributed by atoms with E-state index in [-0.39, 0.29) is 5.41 Å². The Morgan fingerprint density at radius 2 is 2.06 bits per heavy atom. The van der Waals surface area contributed by atoms with E-state index in [0.717, 1.165) is 43.6 Å². The van der Waals surface area contributed by atoms with Gasteiger partial charge in [-0.3, -0.25) is 0 Å². The van der Waals surface area contributed by atoms with Crippen LogP contribution < -0.4 is 4.74 Å². The summed E-state index contributed by atoms with van der Waals surface area (Å²) in [4.78, 5) is 0. The summed E-state index contributed by atoms with van der Waals surface area (Å²) in [5, 5.41) is 11.0. The van der Waals surface area contributed by atoms with Gasteiger partial charge in [0.05, 0.1) is 12.2 Å². The number of aliphatic hydroxyl groups is 1. The van der Waals surface area contributed by atoms with Gasteiger partial charge in [-0.05, 0) is 47.9 Å². The highest BCUT2D eigenvalue weighted by Gasteiger charge is 2.48. The summed E-state index contributed by atoms with van der Waals surface area (Å²) in [6.45, 7) is 5.12. The summed E-state index contributed by atoms with van der Waals surface area (Å²) in [5.74, 6) is 0.994. The lowest BCUT2D eigenvalue weighted by Crippen LogP contribution is -2.36. The average Bonchev–Trinajstić information content (AvgIpc) is 2.84. The fourth-order valence-corrected chi connectivity index (χ4v) is 3.31. The van der Waals surface area contributed by atoms with Gasteiger partial charge in [0, 0.05) is 6.42 Å². The predicted molar refractivity (Wildman–Crippen MR) is 67.2 cm³/mol. The topological polar surface area (TPSA) is 29.5 Å².